The van der Waals surface area contributed by atoms with Gasteiger partial charge in [-0.1, -0.05) is 30.3 Å². The molecule has 2 aromatic rings. The van der Waals surface area contributed by atoms with Gasteiger partial charge in [-0.3, -0.25) is 9.48 Å². The summed E-state index contributed by atoms with van der Waals surface area (Å²) in [5, 5.41) is 7.42. The van der Waals surface area contributed by atoms with Crippen molar-refractivity contribution in [3.8, 4) is 11.3 Å². The highest BCUT2D eigenvalue weighted by molar-refractivity contribution is 7.98. The van der Waals surface area contributed by atoms with E-state index in [2.05, 4.69) is 10.4 Å². The maximum Gasteiger partial charge on any atom is 0.242 e. The maximum absolute atomic E-state index is 12.2. The molecule has 1 aromatic heterocycles. The second-order valence-corrected chi connectivity index (χ2v) is 6.17. The Morgan fingerprint density at radius 1 is 1.39 bits per heavy atom. The minimum Gasteiger partial charge on any atom is -0.320 e. The summed E-state index contributed by atoms with van der Waals surface area (Å²) in [6.07, 6.45) is 2.66. The molecule has 0 aliphatic rings. The van der Waals surface area contributed by atoms with Crippen LogP contribution in [-0.4, -0.2) is 33.7 Å². The predicted molar refractivity (Wildman–Crippen MR) is 100 cm³/mol. The van der Waals surface area contributed by atoms with Crippen LogP contribution in [0.5, 0.6) is 0 Å². The predicted octanol–water partition coefficient (Wildman–Crippen LogP) is 2.84. The second kappa shape index (κ2) is 8.96. The molecule has 126 valence electrons. The molecular weight excluding hydrogens is 332 g/mol. The van der Waals surface area contributed by atoms with Crippen LogP contribution in [0.15, 0.2) is 30.3 Å². The molecule has 5 nitrogen and oxygen atoms in total. The molecule has 2 rings (SSSR count). The summed E-state index contributed by atoms with van der Waals surface area (Å²) < 4.78 is 1.69. The fraction of sp³-hybridized carbons (Fsp3) is 0.375. The minimum atomic E-state index is -0.498. The van der Waals surface area contributed by atoms with Crippen LogP contribution in [0, 0.1) is 6.92 Å². The highest BCUT2D eigenvalue weighted by Crippen LogP contribution is 2.27. The van der Waals surface area contributed by atoms with Crippen molar-refractivity contribution in [1.29, 1.82) is 0 Å². The summed E-state index contributed by atoms with van der Waals surface area (Å²) in [5.41, 5.74) is 8.76. The van der Waals surface area contributed by atoms with Gasteiger partial charge in [-0.05, 0) is 25.4 Å². The van der Waals surface area contributed by atoms with Crippen LogP contribution in [0.4, 0.5) is 5.82 Å². The second-order valence-electron chi connectivity index (χ2n) is 5.19. The van der Waals surface area contributed by atoms with Crippen molar-refractivity contribution in [2.75, 3.05) is 17.3 Å². The first-order valence-electron chi connectivity index (χ1n) is 7.19. The molecule has 0 saturated heterocycles. The van der Waals surface area contributed by atoms with E-state index in [0.717, 1.165) is 22.6 Å². The highest BCUT2D eigenvalue weighted by Gasteiger charge is 2.19. The van der Waals surface area contributed by atoms with Gasteiger partial charge < -0.3 is 11.1 Å². The number of nitrogens with one attached hydrogen (secondary N) is 1. The van der Waals surface area contributed by atoms with E-state index in [1.807, 2.05) is 50.6 Å². The normalized spacial score (nSPS) is 11.7. The average Bonchev–Trinajstić information content (AvgIpc) is 2.81. The number of hydrogen-bond acceptors (Lipinski definition) is 4. The molecule has 0 spiro atoms. The Kier molecular flexibility index (Phi) is 7.61. The van der Waals surface area contributed by atoms with Crippen LogP contribution in [0.3, 0.4) is 0 Å². The molecule has 7 heteroatoms. The monoisotopic (exact) mass is 354 g/mol. The zero-order valence-corrected chi connectivity index (χ0v) is 15.2. The Morgan fingerprint density at radius 3 is 2.65 bits per heavy atom. The number of carbonyl (C=O) groups is 1. The van der Waals surface area contributed by atoms with Crippen molar-refractivity contribution < 1.29 is 4.79 Å². The van der Waals surface area contributed by atoms with Crippen LogP contribution >= 0.6 is 24.2 Å². The quantitative estimate of drug-likeness (QED) is 0.836. The number of hydrogen-bond donors (Lipinski definition) is 2. The molecule has 23 heavy (non-hydrogen) atoms. The number of anilines is 1. The third kappa shape index (κ3) is 4.73. The van der Waals surface area contributed by atoms with Gasteiger partial charge in [0.15, 0.2) is 0 Å². The molecule has 0 bridgehead atoms. The number of aryl methyl sites for hydroxylation is 1. The van der Waals surface area contributed by atoms with Crippen LogP contribution in [0.2, 0.25) is 0 Å². The fourth-order valence-electron chi connectivity index (χ4n) is 2.26. The first-order valence-corrected chi connectivity index (χ1v) is 8.58. The van der Waals surface area contributed by atoms with Gasteiger partial charge in [0.2, 0.25) is 5.91 Å². The van der Waals surface area contributed by atoms with Crippen molar-refractivity contribution >= 4 is 35.9 Å². The lowest BCUT2D eigenvalue weighted by atomic mass is 10.1. The third-order valence-electron chi connectivity index (χ3n) is 3.54. The van der Waals surface area contributed by atoms with Crippen molar-refractivity contribution in [2.45, 2.75) is 19.4 Å². The number of rotatable bonds is 6. The summed E-state index contributed by atoms with van der Waals surface area (Å²) in [6, 6.07) is 9.42. The Hall–Kier alpha value is -1.50. The summed E-state index contributed by atoms with van der Waals surface area (Å²) in [4.78, 5) is 12.2. The van der Waals surface area contributed by atoms with Gasteiger partial charge in [0.1, 0.15) is 5.82 Å². The van der Waals surface area contributed by atoms with Gasteiger partial charge in [-0.15, -0.1) is 12.4 Å². The highest BCUT2D eigenvalue weighted by atomic mass is 35.5. The molecule has 0 saturated carbocycles. The van der Waals surface area contributed by atoms with Crippen molar-refractivity contribution in [3.63, 3.8) is 0 Å². The molecular formula is C16H23ClN4OS. The molecule has 0 unspecified atom stereocenters. The summed E-state index contributed by atoms with van der Waals surface area (Å²) >= 11 is 1.68. The van der Waals surface area contributed by atoms with Crippen LogP contribution in [0.1, 0.15) is 12.0 Å². The number of nitrogens with two attached hydrogens (primary N) is 1. The summed E-state index contributed by atoms with van der Waals surface area (Å²) in [7, 11) is 1.82. The number of benzene rings is 1. The lowest BCUT2D eigenvalue weighted by molar-refractivity contribution is -0.117. The molecule has 0 fully saturated rings. The van der Waals surface area contributed by atoms with Crippen LogP contribution < -0.4 is 11.1 Å². The van der Waals surface area contributed by atoms with E-state index in [4.69, 9.17) is 5.73 Å². The van der Waals surface area contributed by atoms with Crippen molar-refractivity contribution in [1.82, 2.24) is 9.78 Å². The molecule has 0 radical (unpaired) electrons. The Morgan fingerprint density at radius 2 is 2.04 bits per heavy atom. The van der Waals surface area contributed by atoms with E-state index >= 15 is 0 Å². The van der Waals surface area contributed by atoms with E-state index < -0.39 is 6.04 Å². The van der Waals surface area contributed by atoms with E-state index in [1.54, 1.807) is 16.4 Å². The summed E-state index contributed by atoms with van der Waals surface area (Å²) in [6.45, 7) is 1.96. The van der Waals surface area contributed by atoms with Gasteiger partial charge >= 0.3 is 0 Å². The largest absolute Gasteiger partial charge is 0.320 e. The zero-order chi connectivity index (χ0) is 16.1. The zero-order valence-electron chi connectivity index (χ0n) is 13.6. The fourth-order valence-corrected chi connectivity index (χ4v) is 2.75. The topological polar surface area (TPSA) is 72.9 Å². The smallest absolute Gasteiger partial charge is 0.242 e. The molecule has 0 aliphatic heterocycles. The number of carbonyl (C=O) groups excluding carboxylic acids is 1. The Bertz CT molecular complexity index is 645. The van der Waals surface area contributed by atoms with Gasteiger partial charge in [-0.25, -0.2) is 0 Å². The van der Waals surface area contributed by atoms with Crippen molar-refractivity contribution in [2.24, 2.45) is 12.8 Å². The van der Waals surface area contributed by atoms with E-state index in [-0.39, 0.29) is 18.3 Å². The summed E-state index contributed by atoms with van der Waals surface area (Å²) in [5.74, 6) is 1.40. The van der Waals surface area contributed by atoms with E-state index in [0.29, 0.717) is 12.2 Å². The number of thioether (sulfide) groups is 1. The number of amides is 1. The molecule has 3 N–H and O–H groups in total. The molecule has 1 aromatic carbocycles. The Labute approximate surface area is 147 Å². The van der Waals surface area contributed by atoms with E-state index in [1.165, 1.54) is 0 Å². The first-order chi connectivity index (χ1) is 10.5. The minimum absolute atomic E-state index is 0. The van der Waals surface area contributed by atoms with E-state index in [9.17, 15) is 4.79 Å². The van der Waals surface area contributed by atoms with Gasteiger partial charge in [0.05, 0.1) is 11.7 Å². The maximum atomic E-state index is 12.2. The number of aromatic nitrogens is 2. The molecule has 1 heterocycles. The Balaban J connectivity index is 0.00000264. The van der Waals surface area contributed by atoms with Gasteiger partial charge in [0, 0.05) is 18.2 Å². The van der Waals surface area contributed by atoms with Crippen LogP contribution in [0.25, 0.3) is 11.3 Å². The lowest BCUT2D eigenvalue weighted by Gasteiger charge is -2.12. The molecule has 0 aliphatic carbocycles. The standard InChI is InChI=1S/C16H22N4OS.ClH/c1-11-14(12-7-5-4-6-8-12)19-20(2)15(11)18-16(21)13(17)9-10-22-3;/h4-8,13H,9-10,17H2,1-3H3,(H,18,21);1H/t13-;/m0./s1. The van der Waals surface area contributed by atoms with Gasteiger partial charge in [-0.2, -0.15) is 16.9 Å². The lowest BCUT2D eigenvalue weighted by Crippen LogP contribution is -2.36. The number of halogens is 1. The SMILES string of the molecule is CSCC[C@H](N)C(=O)Nc1c(C)c(-c2ccccc2)nn1C.Cl. The average molecular weight is 355 g/mol. The number of nitrogens with zero attached hydrogens (tertiary/aromatic N) is 2. The first kappa shape index (κ1) is 19.5. The van der Waals surface area contributed by atoms with Crippen molar-refractivity contribution in [3.05, 3.63) is 35.9 Å². The molecule has 1 amide bonds. The molecule has 1 atom stereocenters. The van der Waals surface area contributed by atoms with Gasteiger partial charge in [0.25, 0.3) is 0 Å². The third-order valence-corrected chi connectivity index (χ3v) is 4.19. The van der Waals surface area contributed by atoms with Crippen LogP contribution in [-0.2, 0) is 11.8 Å².